The van der Waals surface area contributed by atoms with Crippen LogP contribution < -0.4 is 11.1 Å². The van der Waals surface area contributed by atoms with Gasteiger partial charge in [-0.15, -0.1) is 0 Å². The Morgan fingerprint density at radius 2 is 1.76 bits per heavy atom. The van der Waals surface area contributed by atoms with Crippen LogP contribution in [0.5, 0.6) is 0 Å². The minimum atomic E-state index is -0.514. The lowest BCUT2D eigenvalue weighted by atomic mass is 10.2. The first-order chi connectivity index (χ1) is 10.1. The van der Waals surface area contributed by atoms with Crippen LogP contribution in [0.4, 0.5) is 17.1 Å². The molecule has 3 N–H and O–H groups in total. The summed E-state index contributed by atoms with van der Waals surface area (Å²) < 4.78 is 0. The molecule has 0 fully saturated rings. The summed E-state index contributed by atoms with van der Waals surface area (Å²) in [5.74, 6) is -0.347. The van der Waals surface area contributed by atoms with Crippen molar-refractivity contribution in [2.45, 2.75) is 13.8 Å². The molecule has 0 radical (unpaired) electrons. The Morgan fingerprint density at radius 1 is 1.14 bits per heavy atom. The van der Waals surface area contributed by atoms with Gasteiger partial charge in [-0.3, -0.25) is 14.9 Å². The van der Waals surface area contributed by atoms with Gasteiger partial charge in [-0.1, -0.05) is 19.9 Å². The molecule has 110 valence electrons. The van der Waals surface area contributed by atoms with Gasteiger partial charge in [-0.05, 0) is 30.3 Å². The van der Waals surface area contributed by atoms with E-state index in [-0.39, 0.29) is 11.6 Å². The average molecular weight is 287 g/mol. The summed E-state index contributed by atoms with van der Waals surface area (Å²) in [5, 5.41) is 13.2. The lowest BCUT2D eigenvalue weighted by Crippen LogP contribution is -2.11. The van der Waals surface area contributed by atoms with Gasteiger partial charge < -0.3 is 11.1 Å². The number of hydrogen-bond donors (Lipinski definition) is 2. The number of anilines is 2. The lowest BCUT2D eigenvalue weighted by molar-refractivity contribution is -0.384. The first-order valence-electron chi connectivity index (χ1n) is 6.47. The summed E-state index contributed by atoms with van der Waals surface area (Å²) in [7, 11) is 0. The molecule has 0 unspecified atom stereocenters. The normalized spacial score (nSPS) is 9.24. The van der Waals surface area contributed by atoms with Gasteiger partial charge in [0.05, 0.1) is 4.92 Å². The maximum atomic E-state index is 11.9. The zero-order valence-electron chi connectivity index (χ0n) is 11.9. The van der Waals surface area contributed by atoms with Crippen LogP contribution in [-0.2, 0) is 0 Å². The molecular weight excluding hydrogens is 270 g/mol. The van der Waals surface area contributed by atoms with Gasteiger partial charge in [0.1, 0.15) is 0 Å². The molecule has 2 aromatic carbocycles. The molecule has 6 nitrogen and oxygen atoms in total. The van der Waals surface area contributed by atoms with Gasteiger partial charge >= 0.3 is 0 Å². The van der Waals surface area contributed by atoms with E-state index in [1.807, 2.05) is 13.8 Å². The van der Waals surface area contributed by atoms with E-state index < -0.39 is 4.92 Å². The maximum Gasteiger partial charge on any atom is 0.269 e. The summed E-state index contributed by atoms with van der Waals surface area (Å²) >= 11 is 0. The molecule has 0 aromatic heterocycles. The number of amides is 1. The van der Waals surface area contributed by atoms with E-state index >= 15 is 0 Å². The third-order valence-electron chi connectivity index (χ3n) is 2.48. The van der Waals surface area contributed by atoms with Gasteiger partial charge in [0, 0.05) is 29.1 Å². The number of nitro groups is 1. The van der Waals surface area contributed by atoms with Crippen LogP contribution in [0.25, 0.3) is 0 Å². The summed E-state index contributed by atoms with van der Waals surface area (Å²) in [6.45, 7) is 4.00. The fourth-order valence-electron chi connectivity index (χ4n) is 1.55. The molecule has 0 aliphatic rings. The first-order valence-corrected chi connectivity index (χ1v) is 6.47. The quantitative estimate of drug-likeness (QED) is 0.513. The lowest BCUT2D eigenvalue weighted by Gasteiger charge is -2.05. The van der Waals surface area contributed by atoms with Gasteiger partial charge in [0.2, 0.25) is 0 Å². The zero-order valence-corrected chi connectivity index (χ0v) is 11.9. The van der Waals surface area contributed by atoms with Crippen molar-refractivity contribution in [1.29, 1.82) is 0 Å². The second kappa shape index (κ2) is 7.64. The van der Waals surface area contributed by atoms with Gasteiger partial charge in [0.25, 0.3) is 11.6 Å². The van der Waals surface area contributed by atoms with Crippen molar-refractivity contribution in [1.82, 2.24) is 0 Å². The molecule has 2 aromatic rings. The second-order valence-corrected chi connectivity index (χ2v) is 3.88. The highest BCUT2D eigenvalue weighted by Crippen LogP contribution is 2.15. The number of nitrogen functional groups attached to an aromatic ring is 1. The minimum absolute atomic E-state index is 0.0551. The first kappa shape index (κ1) is 16.2. The molecule has 0 saturated heterocycles. The largest absolute Gasteiger partial charge is 0.399 e. The second-order valence-electron chi connectivity index (χ2n) is 3.88. The minimum Gasteiger partial charge on any atom is -0.399 e. The van der Waals surface area contributed by atoms with Crippen LogP contribution in [0.2, 0.25) is 0 Å². The van der Waals surface area contributed by atoms with Crippen LogP contribution in [0.15, 0.2) is 48.5 Å². The highest BCUT2D eigenvalue weighted by molar-refractivity contribution is 6.04. The van der Waals surface area contributed by atoms with E-state index in [0.29, 0.717) is 16.9 Å². The summed E-state index contributed by atoms with van der Waals surface area (Å²) in [5.41, 5.74) is 7.00. The SMILES string of the molecule is CC.Nc1cccc(NC(=O)c2ccc([N+](=O)[O-])cc2)c1. The van der Waals surface area contributed by atoms with Gasteiger partial charge in [-0.2, -0.15) is 0 Å². The van der Waals surface area contributed by atoms with E-state index in [4.69, 9.17) is 5.73 Å². The molecule has 6 heteroatoms. The Kier molecular flexibility index (Phi) is 5.88. The average Bonchev–Trinajstić information content (AvgIpc) is 2.49. The monoisotopic (exact) mass is 287 g/mol. The molecule has 0 bridgehead atoms. The van der Waals surface area contributed by atoms with E-state index in [2.05, 4.69) is 5.32 Å². The van der Waals surface area contributed by atoms with Crippen LogP contribution >= 0.6 is 0 Å². The Hall–Kier alpha value is -2.89. The number of nitrogens with two attached hydrogens (primary N) is 1. The Morgan fingerprint density at radius 3 is 2.29 bits per heavy atom. The number of non-ortho nitro benzene ring substituents is 1. The van der Waals surface area contributed by atoms with Crippen molar-refractivity contribution in [3.8, 4) is 0 Å². The number of carbonyl (C=O) groups is 1. The molecule has 0 aliphatic heterocycles. The fraction of sp³-hybridized carbons (Fsp3) is 0.133. The van der Waals surface area contributed by atoms with Gasteiger partial charge in [-0.25, -0.2) is 0 Å². The van der Waals surface area contributed by atoms with Crippen molar-refractivity contribution >= 4 is 23.0 Å². The predicted octanol–water partition coefficient (Wildman–Crippen LogP) is 3.46. The van der Waals surface area contributed by atoms with Crippen molar-refractivity contribution in [2.24, 2.45) is 0 Å². The van der Waals surface area contributed by atoms with Crippen molar-refractivity contribution in [3.05, 3.63) is 64.2 Å². The predicted molar refractivity (Wildman–Crippen MR) is 83.3 cm³/mol. The third-order valence-corrected chi connectivity index (χ3v) is 2.48. The number of rotatable bonds is 3. The number of carbonyl (C=O) groups excluding carboxylic acids is 1. The number of hydrogen-bond acceptors (Lipinski definition) is 4. The molecule has 0 atom stereocenters. The molecule has 0 spiro atoms. The fourth-order valence-corrected chi connectivity index (χ4v) is 1.55. The molecule has 0 saturated carbocycles. The van der Waals surface area contributed by atoms with E-state index in [1.165, 1.54) is 24.3 Å². The number of nitrogens with one attached hydrogen (secondary N) is 1. The topological polar surface area (TPSA) is 98.3 Å². The summed E-state index contributed by atoms with van der Waals surface area (Å²) in [6, 6.07) is 12.1. The van der Waals surface area contributed by atoms with Crippen LogP contribution in [-0.4, -0.2) is 10.8 Å². The van der Waals surface area contributed by atoms with Crippen molar-refractivity contribution in [3.63, 3.8) is 0 Å². The third kappa shape index (κ3) is 4.61. The summed E-state index contributed by atoms with van der Waals surface area (Å²) in [4.78, 5) is 21.9. The van der Waals surface area contributed by atoms with Crippen LogP contribution in [0, 0.1) is 10.1 Å². The molecule has 21 heavy (non-hydrogen) atoms. The molecule has 1 amide bonds. The molecule has 0 aliphatic carbocycles. The van der Waals surface area contributed by atoms with E-state index in [9.17, 15) is 14.9 Å². The zero-order chi connectivity index (χ0) is 15.8. The Bertz CT molecular complexity index is 624. The van der Waals surface area contributed by atoms with Crippen LogP contribution in [0.1, 0.15) is 24.2 Å². The van der Waals surface area contributed by atoms with Crippen molar-refractivity contribution in [2.75, 3.05) is 11.1 Å². The van der Waals surface area contributed by atoms with Crippen molar-refractivity contribution < 1.29 is 9.72 Å². The maximum absolute atomic E-state index is 11.9. The molecule has 0 heterocycles. The molecular formula is C15H17N3O3. The molecule has 2 rings (SSSR count). The Labute approximate surface area is 122 Å². The Balaban J connectivity index is 0.00000106. The smallest absolute Gasteiger partial charge is 0.269 e. The van der Waals surface area contributed by atoms with Gasteiger partial charge in [0.15, 0.2) is 0 Å². The highest BCUT2D eigenvalue weighted by atomic mass is 16.6. The number of nitrogens with zero attached hydrogens (tertiary/aromatic N) is 1. The number of nitro benzene ring substituents is 1. The summed E-state index contributed by atoms with van der Waals surface area (Å²) in [6.07, 6.45) is 0. The van der Waals surface area contributed by atoms with E-state index in [0.717, 1.165) is 0 Å². The van der Waals surface area contributed by atoms with Crippen LogP contribution in [0.3, 0.4) is 0 Å². The highest BCUT2D eigenvalue weighted by Gasteiger charge is 2.09. The number of benzene rings is 2. The standard InChI is InChI=1S/C13H11N3O3.C2H6/c14-10-2-1-3-11(8-10)15-13(17)9-4-6-12(7-5-9)16(18)19;1-2/h1-8H,14H2,(H,15,17);1-2H3. The van der Waals surface area contributed by atoms with E-state index in [1.54, 1.807) is 24.3 Å².